The van der Waals surface area contributed by atoms with Crippen LogP contribution in [0.5, 0.6) is 0 Å². The highest BCUT2D eigenvalue weighted by Gasteiger charge is 2.31. The molecule has 1 N–H and O–H groups in total. The molecule has 1 aromatic carbocycles. The van der Waals surface area contributed by atoms with Crippen LogP contribution in [0, 0.1) is 5.82 Å². The summed E-state index contributed by atoms with van der Waals surface area (Å²) in [5.74, 6) is -0.384. The number of carbonyl (C=O) groups is 1. The van der Waals surface area contributed by atoms with E-state index in [2.05, 4.69) is 5.32 Å². The molecule has 27 heavy (non-hydrogen) atoms. The fourth-order valence-electron chi connectivity index (χ4n) is 3.69. The van der Waals surface area contributed by atoms with E-state index in [0.717, 1.165) is 38.1 Å². The van der Waals surface area contributed by atoms with Gasteiger partial charge in [-0.05, 0) is 49.9 Å². The van der Waals surface area contributed by atoms with Crippen LogP contribution in [-0.4, -0.2) is 62.3 Å². The van der Waals surface area contributed by atoms with Crippen LogP contribution in [-0.2, 0) is 14.8 Å². The zero-order valence-corrected chi connectivity index (χ0v) is 17.1. The predicted molar refractivity (Wildman–Crippen MR) is 104 cm³/mol. The van der Waals surface area contributed by atoms with Crippen LogP contribution in [0.1, 0.15) is 32.1 Å². The second kappa shape index (κ2) is 9.32. The summed E-state index contributed by atoms with van der Waals surface area (Å²) in [4.78, 5) is 14.4. The van der Waals surface area contributed by atoms with Crippen LogP contribution in [0.15, 0.2) is 29.2 Å². The van der Waals surface area contributed by atoms with Gasteiger partial charge in [-0.2, -0.15) is 0 Å². The van der Waals surface area contributed by atoms with Crippen LogP contribution < -0.4 is 5.32 Å². The average Bonchev–Trinajstić information content (AvgIpc) is 2.93. The second-order valence-electron chi connectivity index (χ2n) is 7.15. The molecule has 9 heteroatoms. The topological polar surface area (TPSA) is 69.7 Å². The molecule has 2 saturated heterocycles. The Hall–Kier alpha value is -1.22. The van der Waals surface area contributed by atoms with Gasteiger partial charge in [0, 0.05) is 45.2 Å². The van der Waals surface area contributed by atoms with E-state index in [1.807, 2.05) is 4.90 Å². The third-order valence-corrected chi connectivity index (χ3v) is 7.13. The van der Waals surface area contributed by atoms with E-state index in [1.165, 1.54) is 29.9 Å². The molecule has 2 heterocycles. The summed E-state index contributed by atoms with van der Waals surface area (Å²) in [5, 5.41) is 3.55. The van der Waals surface area contributed by atoms with Crippen molar-refractivity contribution in [2.45, 2.75) is 49.1 Å². The van der Waals surface area contributed by atoms with E-state index in [0.29, 0.717) is 24.9 Å². The minimum atomic E-state index is -3.66. The molecule has 0 radical (unpaired) electrons. The molecule has 0 saturated carbocycles. The van der Waals surface area contributed by atoms with Crippen LogP contribution in [0.25, 0.3) is 0 Å². The molecule has 6 nitrogen and oxygen atoms in total. The molecule has 2 atom stereocenters. The van der Waals surface area contributed by atoms with Crippen molar-refractivity contribution in [3.8, 4) is 0 Å². The summed E-state index contributed by atoms with van der Waals surface area (Å²) in [7, 11) is -2.18. The number of hydrogen-bond acceptors (Lipinski definition) is 4. The number of fused-ring (bicyclic) bond motifs is 2. The van der Waals surface area contributed by atoms with Crippen molar-refractivity contribution < 1.29 is 17.6 Å². The summed E-state index contributed by atoms with van der Waals surface area (Å²) in [5.41, 5.74) is 0. The Morgan fingerprint density at radius 3 is 2.59 bits per heavy atom. The molecule has 2 aliphatic heterocycles. The third-order valence-electron chi connectivity index (χ3n) is 5.26. The van der Waals surface area contributed by atoms with E-state index in [9.17, 15) is 17.6 Å². The van der Waals surface area contributed by atoms with Gasteiger partial charge in [0.1, 0.15) is 5.82 Å². The Kier molecular flexibility index (Phi) is 7.62. The quantitative estimate of drug-likeness (QED) is 0.765. The van der Waals surface area contributed by atoms with Crippen molar-refractivity contribution in [1.82, 2.24) is 14.5 Å². The van der Waals surface area contributed by atoms with Crippen molar-refractivity contribution in [3.63, 3.8) is 0 Å². The molecule has 0 aromatic heterocycles. The van der Waals surface area contributed by atoms with E-state index >= 15 is 0 Å². The van der Waals surface area contributed by atoms with Crippen LogP contribution in [0.3, 0.4) is 0 Å². The minimum Gasteiger partial charge on any atom is -0.341 e. The summed E-state index contributed by atoms with van der Waals surface area (Å²) < 4.78 is 39.1. The second-order valence-corrected chi connectivity index (χ2v) is 9.20. The predicted octanol–water partition coefficient (Wildman–Crippen LogP) is 2.00. The van der Waals surface area contributed by atoms with Gasteiger partial charge in [-0.1, -0.05) is 0 Å². The summed E-state index contributed by atoms with van der Waals surface area (Å²) in [6.45, 7) is 1.78. The first-order chi connectivity index (χ1) is 12.4. The first kappa shape index (κ1) is 22.1. The average molecular weight is 420 g/mol. The normalized spacial score (nSPS) is 22.4. The third kappa shape index (κ3) is 5.40. The summed E-state index contributed by atoms with van der Waals surface area (Å²) in [6.07, 6.45) is 4.10. The lowest BCUT2D eigenvalue weighted by molar-refractivity contribution is -0.131. The maximum absolute atomic E-state index is 13.0. The van der Waals surface area contributed by atoms with Gasteiger partial charge in [0.25, 0.3) is 0 Å². The Labute approximate surface area is 166 Å². The number of sulfonamides is 1. The molecule has 2 unspecified atom stereocenters. The maximum Gasteiger partial charge on any atom is 0.242 e. The number of nitrogens with one attached hydrogen (secondary N) is 1. The van der Waals surface area contributed by atoms with Gasteiger partial charge < -0.3 is 10.2 Å². The molecular weight excluding hydrogens is 393 g/mol. The standard InChI is InChI=1S/C18H26FN3O3S.ClH/c1-21(26(24,25)17-8-4-14(19)5-9-17)11-2-3-18(23)22-12-10-15-6-7-16(13-22)20-15;/h4-5,8-9,15-16,20H,2-3,6-7,10-13H2,1H3;1H. The smallest absolute Gasteiger partial charge is 0.242 e. The molecule has 152 valence electrons. The highest BCUT2D eigenvalue weighted by molar-refractivity contribution is 7.89. The molecule has 1 aromatic rings. The zero-order valence-electron chi connectivity index (χ0n) is 15.4. The van der Waals surface area contributed by atoms with E-state index in [4.69, 9.17) is 0 Å². The first-order valence-corrected chi connectivity index (χ1v) is 10.6. The van der Waals surface area contributed by atoms with Crippen LogP contribution in [0.2, 0.25) is 0 Å². The maximum atomic E-state index is 13.0. The van der Waals surface area contributed by atoms with E-state index in [-0.39, 0.29) is 29.8 Å². The number of rotatable bonds is 6. The van der Waals surface area contributed by atoms with Crippen molar-refractivity contribution >= 4 is 28.3 Å². The number of benzene rings is 1. The number of carbonyl (C=O) groups excluding carboxylic acids is 1. The van der Waals surface area contributed by atoms with Gasteiger partial charge in [-0.3, -0.25) is 4.79 Å². The monoisotopic (exact) mass is 419 g/mol. The van der Waals surface area contributed by atoms with Gasteiger partial charge in [0.05, 0.1) is 4.90 Å². The Morgan fingerprint density at radius 2 is 1.89 bits per heavy atom. The van der Waals surface area contributed by atoms with E-state index < -0.39 is 15.8 Å². The van der Waals surface area contributed by atoms with Gasteiger partial charge in [0.2, 0.25) is 15.9 Å². The first-order valence-electron chi connectivity index (χ1n) is 9.12. The Bertz CT molecular complexity index is 745. The van der Waals surface area contributed by atoms with Crippen LogP contribution >= 0.6 is 12.4 Å². The van der Waals surface area contributed by atoms with Gasteiger partial charge in [0.15, 0.2) is 0 Å². The molecule has 2 fully saturated rings. The lowest BCUT2D eigenvalue weighted by atomic mass is 10.1. The summed E-state index contributed by atoms with van der Waals surface area (Å²) >= 11 is 0. The van der Waals surface area contributed by atoms with Gasteiger partial charge in [-0.25, -0.2) is 17.1 Å². The number of halogens is 2. The number of nitrogens with zero attached hydrogens (tertiary/aromatic N) is 2. The zero-order chi connectivity index (χ0) is 18.7. The number of likely N-dealkylation sites (tertiary alicyclic amines) is 1. The fourth-order valence-corrected chi connectivity index (χ4v) is 4.90. The SMILES string of the molecule is CN(CCCC(=O)N1CCC2CCC(C1)N2)S(=O)(=O)c1ccc(F)cc1.Cl. The fraction of sp³-hybridized carbons (Fsp3) is 0.611. The lowest BCUT2D eigenvalue weighted by Gasteiger charge is -2.25. The number of amides is 1. The van der Waals surface area contributed by atoms with Crippen molar-refractivity contribution in [2.24, 2.45) is 0 Å². The van der Waals surface area contributed by atoms with Crippen molar-refractivity contribution in [3.05, 3.63) is 30.1 Å². The largest absolute Gasteiger partial charge is 0.341 e. The number of hydrogen-bond donors (Lipinski definition) is 1. The highest BCUT2D eigenvalue weighted by atomic mass is 35.5. The molecule has 2 aliphatic rings. The molecule has 0 spiro atoms. The molecule has 0 aliphatic carbocycles. The molecular formula is C18H27ClFN3O3S. The van der Waals surface area contributed by atoms with E-state index in [1.54, 1.807) is 0 Å². The van der Waals surface area contributed by atoms with Crippen molar-refractivity contribution in [2.75, 3.05) is 26.7 Å². The van der Waals surface area contributed by atoms with Crippen LogP contribution in [0.4, 0.5) is 4.39 Å². The highest BCUT2D eigenvalue weighted by Crippen LogP contribution is 2.21. The Balaban J connectivity index is 0.00000261. The lowest BCUT2D eigenvalue weighted by Crippen LogP contribution is -2.39. The molecule has 2 bridgehead atoms. The summed E-state index contributed by atoms with van der Waals surface area (Å²) in [6, 6.07) is 5.70. The Morgan fingerprint density at radius 1 is 1.22 bits per heavy atom. The van der Waals surface area contributed by atoms with Crippen molar-refractivity contribution in [1.29, 1.82) is 0 Å². The molecule has 3 rings (SSSR count). The minimum absolute atomic E-state index is 0. The van der Waals surface area contributed by atoms with Gasteiger partial charge >= 0.3 is 0 Å². The molecule has 1 amide bonds. The van der Waals surface area contributed by atoms with Gasteiger partial charge in [-0.15, -0.1) is 12.4 Å².